The molecule has 0 fully saturated rings. The predicted octanol–water partition coefficient (Wildman–Crippen LogP) is 4.34. The van der Waals surface area contributed by atoms with Gasteiger partial charge in [0.25, 0.3) is 0 Å². The number of pyridine rings is 2. The fourth-order valence-electron chi connectivity index (χ4n) is 3.03. The minimum absolute atomic E-state index is 0.146. The maximum Gasteiger partial charge on any atom is 0.135 e. The second kappa shape index (κ2) is 7.36. The SMILES string of the molecule is COc1ccc(C(Nc2ccnc3cc(Br)cnc23)c2nccn2C)cc1. The van der Waals surface area contributed by atoms with Gasteiger partial charge in [-0.1, -0.05) is 12.1 Å². The van der Waals surface area contributed by atoms with E-state index in [1.165, 1.54) is 0 Å². The first-order valence-electron chi connectivity index (χ1n) is 8.43. The van der Waals surface area contributed by atoms with E-state index in [1.54, 1.807) is 25.7 Å². The summed E-state index contributed by atoms with van der Waals surface area (Å²) >= 11 is 3.45. The third-order valence-electron chi connectivity index (χ3n) is 4.41. The van der Waals surface area contributed by atoms with E-state index in [4.69, 9.17) is 4.74 Å². The number of fused-ring (bicyclic) bond motifs is 1. The van der Waals surface area contributed by atoms with Gasteiger partial charge >= 0.3 is 0 Å². The highest BCUT2D eigenvalue weighted by atomic mass is 79.9. The van der Waals surface area contributed by atoms with Crippen molar-refractivity contribution in [2.45, 2.75) is 6.04 Å². The highest BCUT2D eigenvalue weighted by Gasteiger charge is 2.20. The highest BCUT2D eigenvalue weighted by Crippen LogP contribution is 2.30. The van der Waals surface area contributed by atoms with Crippen LogP contribution in [0.1, 0.15) is 17.4 Å². The fraction of sp³-hybridized carbons (Fsp3) is 0.150. The van der Waals surface area contributed by atoms with Gasteiger partial charge in [0, 0.05) is 36.3 Å². The molecule has 7 heteroatoms. The number of benzene rings is 1. The summed E-state index contributed by atoms with van der Waals surface area (Å²) in [5.41, 5.74) is 3.61. The Morgan fingerprint density at radius 1 is 1.07 bits per heavy atom. The summed E-state index contributed by atoms with van der Waals surface area (Å²) < 4.78 is 8.19. The number of anilines is 1. The lowest BCUT2D eigenvalue weighted by atomic mass is 10.1. The van der Waals surface area contributed by atoms with E-state index in [9.17, 15) is 0 Å². The van der Waals surface area contributed by atoms with E-state index >= 15 is 0 Å². The molecule has 1 atom stereocenters. The number of hydrogen-bond donors (Lipinski definition) is 1. The molecule has 0 saturated heterocycles. The number of methoxy groups -OCH3 is 1. The van der Waals surface area contributed by atoms with Crippen LogP contribution in [0.25, 0.3) is 11.0 Å². The molecule has 1 N–H and O–H groups in total. The highest BCUT2D eigenvalue weighted by molar-refractivity contribution is 9.10. The van der Waals surface area contributed by atoms with Crippen molar-refractivity contribution in [1.29, 1.82) is 0 Å². The lowest BCUT2D eigenvalue weighted by molar-refractivity contribution is 0.414. The molecular formula is C20H18BrN5O. The van der Waals surface area contributed by atoms with E-state index in [0.29, 0.717) is 0 Å². The molecule has 0 amide bonds. The fourth-order valence-corrected chi connectivity index (χ4v) is 3.35. The minimum Gasteiger partial charge on any atom is -0.497 e. The second-order valence-corrected chi connectivity index (χ2v) is 7.04. The third-order valence-corrected chi connectivity index (χ3v) is 4.84. The van der Waals surface area contributed by atoms with Crippen molar-refractivity contribution in [2.24, 2.45) is 7.05 Å². The van der Waals surface area contributed by atoms with Crippen molar-refractivity contribution in [3.8, 4) is 5.75 Å². The lowest BCUT2D eigenvalue weighted by Crippen LogP contribution is -2.17. The molecule has 4 aromatic rings. The number of nitrogens with one attached hydrogen (secondary N) is 1. The molecule has 0 bridgehead atoms. The van der Waals surface area contributed by atoms with Crippen LogP contribution in [0.5, 0.6) is 5.75 Å². The first kappa shape index (κ1) is 17.5. The van der Waals surface area contributed by atoms with Crippen LogP contribution in [-0.4, -0.2) is 26.6 Å². The van der Waals surface area contributed by atoms with Gasteiger partial charge in [0.05, 0.1) is 18.3 Å². The van der Waals surface area contributed by atoms with Crippen LogP contribution in [-0.2, 0) is 7.05 Å². The Bertz CT molecular complexity index is 1080. The van der Waals surface area contributed by atoms with Gasteiger partial charge in [-0.15, -0.1) is 0 Å². The molecule has 0 saturated carbocycles. The van der Waals surface area contributed by atoms with Crippen LogP contribution in [0, 0.1) is 0 Å². The molecule has 1 unspecified atom stereocenters. The Labute approximate surface area is 165 Å². The normalized spacial score (nSPS) is 12.1. The van der Waals surface area contributed by atoms with Gasteiger partial charge in [0.2, 0.25) is 0 Å². The predicted molar refractivity (Wildman–Crippen MR) is 109 cm³/mol. The van der Waals surface area contributed by atoms with Crippen LogP contribution in [0.15, 0.2) is 65.7 Å². The maximum absolute atomic E-state index is 5.29. The van der Waals surface area contributed by atoms with Gasteiger partial charge in [0.15, 0.2) is 0 Å². The second-order valence-electron chi connectivity index (χ2n) is 6.13. The van der Waals surface area contributed by atoms with Crippen LogP contribution >= 0.6 is 15.9 Å². The molecule has 6 nitrogen and oxygen atoms in total. The van der Waals surface area contributed by atoms with Gasteiger partial charge in [0.1, 0.15) is 23.1 Å². The summed E-state index contributed by atoms with van der Waals surface area (Å²) in [4.78, 5) is 13.5. The summed E-state index contributed by atoms with van der Waals surface area (Å²) in [6.45, 7) is 0. The molecule has 0 aliphatic carbocycles. The number of halogens is 1. The molecule has 3 aromatic heterocycles. The van der Waals surface area contributed by atoms with E-state index in [-0.39, 0.29) is 6.04 Å². The van der Waals surface area contributed by atoms with Crippen LogP contribution in [0.4, 0.5) is 5.69 Å². The van der Waals surface area contributed by atoms with E-state index in [1.807, 2.05) is 54.2 Å². The van der Waals surface area contributed by atoms with Crippen LogP contribution in [0.2, 0.25) is 0 Å². The van der Waals surface area contributed by atoms with Crippen molar-refractivity contribution in [2.75, 3.05) is 12.4 Å². The summed E-state index contributed by atoms with van der Waals surface area (Å²) in [5, 5.41) is 3.60. The summed E-state index contributed by atoms with van der Waals surface area (Å²) in [6.07, 6.45) is 7.29. The third kappa shape index (κ3) is 3.50. The quantitative estimate of drug-likeness (QED) is 0.517. The van der Waals surface area contributed by atoms with Crippen LogP contribution < -0.4 is 10.1 Å². The zero-order valence-electron chi connectivity index (χ0n) is 14.9. The monoisotopic (exact) mass is 423 g/mol. The van der Waals surface area contributed by atoms with Gasteiger partial charge in [-0.3, -0.25) is 9.97 Å². The molecule has 0 aliphatic heterocycles. The number of hydrogen-bond acceptors (Lipinski definition) is 5. The minimum atomic E-state index is -0.146. The van der Waals surface area contributed by atoms with Gasteiger partial charge < -0.3 is 14.6 Å². The standard InChI is InChI=1S/C20H18BrN5O/c1-26-10-9-23-20(26)18(13-3-5-15(27-2)6-4-13)25-16-7-8-22-17-11-14(21)12-24-19(16)17/h3-12,18H,1-2H3,(H,22,25). The molecule has 136 valence electrons. The molecule has 4 rings (SSSR count). The van der Waals surface area contributed by atoms with Gasteiger partial charge in [-0.25, -0.2) is 4.98 Å². The van der Waals surface area contributed by atoms with E-state index in [0.717, 1.165) is 38.3 Å². The summed E-state index contributed by atoms with van der Waals surface area (Å²) in [6, 6.07) is 11.7. The molecule has 0 radical (unpaired) electrons. The average Bonchev–Trinajstić information content (AvgIpc) is 3.11. The maximum atomic E-state index is 5.29. The number of rotatable bonds is 5. The summed E-state index contributed by atoms with van der Waals surface area (Å²) in [7, 11) is 3.65. The number of nitrogens with zero attached hydrogens (tertiary/aromatic N) is 4. The Kier molecular flexibility index (Phi) is 4.77. The summed E-state index contributed by atoms with van der Waals surface area (Å²) in [5.74, 6) is 1.72. The average molecular weight is 424 g/mol. The Morgan fingerprint density at radius 3 is 2.59 bits per heavy atom. The van der Waals surface area contributed by atoms with Crippen molar-refractivity contribution >= 4 is 32.7 Å². The molecule has 3 heterocycles. The molecule has 0 aliphatic rings. The van der Waals surface area contributed by atoms with Crippen molar-refractivity contribution in [3.05, 3.63) is 77.0 Å². The smallest absolute Gasteiger partial charge is 0.135 e. The van der Waals surface area contributed by atoms with Crippen molar-refractivity contribution < 1.29 is 4.74 Å². The molecule has 1 aromatic carbocycles. The Balaban J connectivity index is 1.79. The number of aromatic nitrogens is 4. The van der Waals surface area contributed by atoms with E-state index < -0.39 is 0 Å². The molecule has 27 heavy (non-hydrogen) atoms. The molecular weight excluding hydrogens is 406 g/mol. The Hall–Kier alpha value is -2.93. The topological polar surface area (TPSA) is 64.9 Å². The largest absolute Gasteiger partial charge is 0.497 e. The molecule has 0 spiro atoms. The zero-order valence-corrected chi connectivity index (χ0v) is 16.5. The zero-order chi connectivity index (χ0) is 18.8. The van der Waals surface area contributed by atoms with Gasteiger partial charge in [-0.05, 0) is 45.8 Å². The first-order valence-corrected chi connectivity index (χ1v) is 9.23. The van der Waals surface area contributed by atoms with Gasteiger partial charge in [-0.2, -0.15) is 0 Å². The number of ether oxygens (including phenoxy) is 1. The number of aryl methyl sites for hydroxylation is 1. The van der Waals surface area contributed by atoms with E-state index in [2.05, 4.69) is 36.2 Å². The van der Waals surface area contributed by atoms with Crippen molar-refractivity contribution in [1.82, 2.24) is 19.5 Å². The lowest BCUT2D eigenvalue weighted by Gasteiger charge is -2.21. The van der Waals surface area contributed by atoms with Crippen molar-refractivity contribution in [3.63, 3.8) is 0 Å². The first-order chi connectivity index (χ1) is 13.2. The number of imidazole rings is 1. The Morgan fingerprint density at radius 2 is 1.89 bits per heavy atom. The van der Waals surface area contributed by atoms with Crippen LogP contribution in [0.3, 0.4) is 0 Å².